The third-order valence-electron chi connectivity index (χ3n) is 3.45. The Kier molecular flexibility index (Phi) is 4.25. The fourth-order valence-corrected chi connectivity index (χ4v) is 2.62. The van der Waals surface area contributed by atoms with Crippen molar-refractivity contribution < 1.29 is 4.79 Å². The second kappa shape index (κ2) is 5.72. The molecular weight excluding hydrogens is 248 g/mol. The molecule has 3 nitrogen and oxygen atoms in total. The molecule has 0 aromatic heterocycles. The van der Waals surface area contributed by atoms with Crippen molar-refractivity contribution in [2.45, 2.75) is 32.7 Å². The third-order valence-corrected chi connectivity index (χ3v) is 3.85. The van der Waals surface area contributed by atoms with Gasteiger partial charge in [-0.3, -0.25) is 4.79 Å². The van der Waals surface area contributed by atoms with Crippen LogP contribution in [0.1, 0.15) is 25.3 Å². The molecule has 1 N–H and O–H groups in total. The number of piperidine rings is 1. The molecule has 0 atom stereocenters. The highest BCUT2D eigenvalue weighted by atomic mass is 35.5. The molecule has 1 amide bonds. The molecule has 98 valence electrons. The quantitative estimate of drug-likeness (QED) is 0.893. The second-order valence-electron chi connectivity index (χ2n) is 4.80. The number of carbonyl (C=O) groups is 1. The normalized spacial score (nSPS) is 16.6. The Morgan fingerprint density at radius 3 is 2.61 bits per heavy atom. The zero-order chi connectivity index (χ0) is 13.1. The summed E-state index contributed by atoms with van der Waals surface area (Å²) >= 11 is 6.15. The van der Waals surface area contributed by atoms with E-state index in [1.54, 1.807) is 6.92 Å². The molecule has 0 unspecified atom stereocenters. The van der Waals surface area contributed by atoms with Crippen molar-refractivity contribution in [1.29, 1.82) is 0 Å². The van der Waals surface area contributed by atoms with E-state index < -0.39 is 0 Å². The lowest BCUT2D eigenvalue weighted by molar-refractivity contribution is -0.117. The number of rotatable bonds is 2. The van der Waals surface area contributed by atoms with Crippen molar-refractivity contribution in [3.8, 4) is 0 Å². The van der Waals surface area contributed by atoms with E-state index in [0.717, 1.165) is 37.2 Å². The van der Waals surface area contributed by atoms with Gasteiger partial charge in [-0.15, -0.1) is 0 Å². The minimum atomic E-state index is 0.0850. The Labute approximate surface area is 113 Å². The van der Waals surface area contributed by atoms with Crippen LogP contribution in [0.25, 0.3) is 0 Å². The van der Waals surface area contributed by atoms with Crippen LogP contribution in [0, 0.1) is 6.92 Å². The average Bonchev–Trinajstić information content (AvgIpc) is 2.35. The average molecular weight is 267 g/mol. The molecule has 1 heterocycles. The van der Waals surface area contributed by atoms with Crippen LogP contribution in [-0.4, -0.2) is 25.0 Å². The van der Waals surface area contributed by atoms with Crippen molar-refractivity contribution in [3.63, 3.8) is 0 Å². The summed E-state index contributed by atoms with van der Waals surface area (Å²) in [7, 11) is 0. The van der Waals surface area contributed by atoms with Crippen LogP contribution in [0.3, 0.4) is 0 Å². The SMILES string of the molecule is CC(=O)N(c1ccc(C)c(Cl)c1)C1CCNCC1. The van der Waals surface area contributed by atoms with Gasteiger partial charge >= 0.3 is 0 Å². The van der Waals surface area contributed by atoms with Crippen LogP contribution in [0.4, 0.5) is 5.69 Å². The van der Waals surface area contributed by atoms with E-state index in [1.165, 1.54) is 0 Å². The Morgan fingerprint density at radius 2 is 2.06 bits per heavy atom. The number of hydrogen-bond donors (Lipinski definition) is 1. The minimum Gasteiger partial charge on any atom is -0.317 e. The summed E-state index contributed by atoms with van der Waals surface area (Å²) < 4.78 is 0. The lowest BCUT2D eigenvalue weighted by Gasteiger charge is -2.34. The van der Waals surface area contributed by atoms with Gasteiger partial charge < -0.3 is 10.2 Å². The topological polar surface area (TPSA) is 32.3 Å². The van der Waals surface area contributed by atoms with Crippen LogP contribution in [-0.2, 0) is 4.79 Å². The summed E-state index contributed by atoms with van der Waals surface area (Å²) in [6, 6.07) is 6.11. The van der Waals surface area contributed by atoms with Crippen molar-refractivity contribution in [1.82, 2.24) is 5.32 Å². The molecule has 4 heteroatoms. The first-order valence-corrected chi connectivity index (χ1v) is 6.74. The summed E-state index contributed by atoms with van der Waals surface area (Å²) in [6.45, 7) is 5.52. The fraction of sp³-hybridized carbons (Fsp3) is 0.500. The molecule has 1 aliphatic heterocycles. The third kappa shape index (κ3) is 2.85. The molecule has 0 aliphatic carbocycles. The molecule has 1 aliphatic rings. The van der Waals surface area contributed by atoms with Gasteiger partial charge in [0.1, 0.15) is 0 Å². The zero-order valence-corrected chi connectivity index (χ0v) is 11.6. The van der Waals surface area contributed by atoms with Crippen molar-refractivity contribution >= 4 is 23.2 Å². The van der Waals surface area contributed by atoms with Gasteiger partial charge in [0.2, 0.25) is 5.91 Å². The van der Waals surface area contributed by atoms with Crippen LogP contribution >= 0.6 is 11.6 Å². The first-order chi connectivity index (χ1) is 8.59. The molecule has 1 aromatic rings. The molecule has 0 saturated carbocycles. The molecule has 0 spiro atoms. The van der Waals surface area contributed by atoms with Gasteiger partial charge in [-0.1, -0.05) is 17.7 Å². The highest BCUT2D eigenvalue weighted by Crippen LogP contribution is 2.27. The van der Waals surface area contributed by atoms with E-state index in [2.05, 4.69) is 5.32 Å². The van der Waals surface area contributed by atoms with Crippen molar-refractivity contribution in [2.75, 3.05) is 18.0 Å². The van der Waals surface area contributed by atoms with Gasteiger partial charge in [-0.05, 0) is 50.6 Å². The number of hydrogen-bond acceptors (Lipinski definition) is 2. The number of anilines is 1. The maximum Gasteiger partial charge on any atom is 0.224 e. The molecule has 0 bridgehead atoms. The predicted molar refractivity (Wildman–Crippen MR) is 75.2 cm³/mol. The van der Waals surface area contributed by atoms with Crippen molar-refractivity contribution in [3.05, 3.63) is 28.8 Å². The zero-order valence-electron chi connectivity index (χ0n) is 10.9. The Bertz CT molecular complexity index is 441. The molecule has 18 heavy (non-hydrogen) atoms. The standard InChI is InChI=1S/C14H19ClN2O/c1-10-3-4-13(9-14(10)15)17(11(2)18)12-5-7-16-8-6-12/h3-4,9,12,16H,5-8H2,1-2H3. The summed E-state index contributed by atoms with van der Waals surface area (Å²) in [6.07, 6.45) is 1.98. The summed E-state index contributed by atoms with van der Waals surface area (Å²) in [5.74, 6) is 0.0850. The number of amides is 1. The number of benzene rings is 1. The Hall–Kier alpha value is -1.06. The van der Waals surface area contributed by atoms with Crippen LogP contribution in [0.2, 0.25) is 5.02 Å². The summed E-state index contributed by atoms with van der Waals surface area (Å²) in [5.41, 5.74) is 1.94. The molecule has 2 rings (SSSR count). The van der Waals surface area contributed by atoms with Gasteiger partial charge in [0.05, 0.1) is 0 Å². The van der Waals surface area contributed by atoms with Crippen molar-refractivity contribution in [2.24, 2.45) is 0 Å². The van der Waals surface area contributed by atoms with Crippen LogP contribution < -0.4 is 10.2 Å². The number of aryl methyl sites for hydroxylation is 1. The maximum atomic E-state index is 11.9. The molecule has 1 fully saturated rings. The van der Waals surface area contributed by atoms with Gasteiger partial charge in [0.15, 0.2) is 0 Å². The van der Waals surface area contributed by atoms with Gasteiger partial charge in [-0.25, -0.2) is 0 Å². The lowest BCUT2D eigenvalue weighted by Crippen LogP contribution is -2.45. The molecule has 1 aromatic carbocycles. The van der Waals surface area contributed by atoms with E-state index in [1.807, 2.05) is 30.0 Å². The fourth-order valence-electron chi connectivity index (χ4n) is 2.45. The van der Waals surface area contributed by atoms with Crippen LogP contribution in [0.5, 0.6) is 0 Å². The molecule has 1 saturated heterocycles. The van der Waals surface area contributed by atoms with Gasteiger partial charge in [0.25, 0.3) is 0 Å². The molecule has 0 radical (unpaired) electrons. The highest BCUT2D eigenvalue weighted by molar-refractivity contribution is 6.31. The van der Waals surface area contributed by atoms with E-state index in [4.69, 9.17) is 11.6 Å². The lowest BCUT2D eigenvalue weighted by atomic mass is 10.0. The van der Waals surface area contributed by atoms with Crippen LogP contribution in [0.15, 0.2) is 18.2 Å². The number of halogens is 1. The first kappa shape index (κ1) is 13.4. The number of nitrogens with zero attached hydrogens (tertiary/aromatic N) is 1. The summed E-state index contributed by atoms with van der Waals surface area (Å²) in [5, 5.41) is 4.03. The second-order valence-corrected chi connectivity index (χ2v) is 5.21. The van der Waals surface area contributed by atoms with E-state index >= 15 is 0 Å². The number of carbonyl (C=O) groups excluding carboxylic acids is 1. The predicted octanol–water partition coefficient (Wildman–Crippen LogP) is 2.75. The Balaban J connectivity index is 2.28. The number of nitrogens with one attached hydrogen (secondary N) is 1. The first-order valence-electron chi connectivity index (χ1n) is 6.36. The van der Waals surface area contributed by atoms with E-state index in [0.29, 0.717) is 5.02 Å². The minimum absolute atomic E-state index is 0.0850. The van der Waals surface area contributed by atoms with E-state index in [-0.39, 0.29) is 11.9 Å². The Morgan fingerprint density at radius 1 is 1.39 bits per heavy atom. The highest BCUT2D eigenvalue weighted by Gasteiger charge is 2.24. The van der Waals surface area contributed by atoms with Gasteiger partial charge in [0, 0.05) is 23.7 Å². The summed E-state index contributed by atoms with van der Waals surface area (Å²) in [4.78, 5) is 13.8. The van der Waals surface area contributed by atoms with E-state index in [9.17, 15) is 4.79 Å². The van der Waals surface area contributed by atoms with Gasteiger partial charge in [-0.2, -0.15) is 0 Å². The monoisotopic (exact) mass is 266 g/mol. The maximum absolute atomic E-state index is 11.9. The smallest absolute Gasteiger partial charge is 0.224 e. The molecular formula is C14H19ClN2O. The largest absolute Gasteiger partial charge is 0.317 e.